The Labute approximate surface area is 114 Å². The molecule has 0 fully saturated rings. The van der Waals surface area contributed by atoms with Crippen LogP contribution < -0.4 is 69.0 Å². The van der Waals surface area contributed by atoms with E-state index in [9.17, 15) is 9.90 Å². The summed E-state index contributed by atoms with van der Waals surface area (Å²) in [5.74, 6) is -0.390. The first kappa shape index (κ1) is 14.1. The molecule has 0 aromatic rings. The van der Waals surface area contributed by atoms with E-state index in [1.165, 1.54) is 0 Å². The van der Waals surface area contributed by atoms with E-state index in [4.69, 9.17) is 5.73 Å². The number of carbonyl (C=O) groups excluding carboxylic acids is 1. The Morgan fingerprint density at radius 2 is 2.30 bits per heavy atom. The molecule has 0 aliphatic heterocycles. The smallest absolute Gasteiger partial charge is 0.548 e. The van der Waals surface area contributed by atoms with E-state index in [2.05, 4.69) is 0 Å². The van der Waals surface area contributed by atoms with Crippen molar-refractivity contribution in [3.05, 3.63) is 0 Å². The van der Waals surface area contributed by atoms with Crippen LogP contribution in [0.25, 0.3) is 0 Å². The first-order valence-electron chi connectivity index (χ1n) is 2.64. The average Bonchev–Trinajstić information content (AvgIpc) is 1.82. The number of carbonyl (C=O) groups is 1. The van der Waals surface area contributed by atoms with Crippen molar-refractivity contribution in [2.45, 2.75) is 12.5 Å². The average molecular weight is 234 g/mol. The van der Waals surface area contributed by atoms with Gasteiger partial charge in [0.25, 0.3) is 0 Å². The predicted molar refractivity (Wildman–Crippen MR) is 36.0 cm³/mol. The summed E-state index contributed by atoms with van der Waals surface area (Å²) in [4.78, 5) is 9.96. The van der Waals surface area contributed by atoms with E-state index in [1.807, 2.05) is 6.26 Å². The van der Waals surface area contributed by atoms with Crippen molar-refractivity contribution < 1.29 is 68.1 Å². The Morgan fingerprint density at radius 3 is 2.60 bits per heavy atom. The van der Waals surface area contributed by atoms with E-state index in [0.717, 1.165) is 5.75 Å². The molecule has 0 bridgehead atoms. The van der Waals surface area contributed by atoms with Crippen LogP contribution in [-0.4, -0.2) is 24.0 Å². The zero-order valence-electron chi connectivity index (χ0n) is 6.29. The number of rotatable bonds is 4. The van der Waals surface area contributed by atoms with Crippen molar-refractivity contribution in [1.29, 1.82) is 0 Å². The van der Waals surface area contributed by atoms with Crippen LogP contribution in [0.2, 0.25) is 0 Å². The molecule has 0 aromatic carbocycles. The van der Waals surface area contributed by atoms with Gasteiger partial charge in [0.1, 0.15) is 0 Å². The van der Waals surface area contributed by atoms with Crippen LogP contribution in [0.4, 0.5) is 0 Å². The third-order valence-corrected chi connectivity index (χ3v) is 1.58. The van der Waals surface area contributed by atoms with Crippen molar-refractivity contribution in [2.75, 3.05) is 12.0 Å². The Bertz CT molecular complexity index is 102. The van der Waals surface area contributed by atoms with Crippen LogP contribution in [0, 0.1) is 0 Å². The minimum Gasteiger partial charge on any atom is -0.548 e. The van der Waals surface area contributed by atoms with E-state index < -0.39 is 12.0 Å². The molecule has 0 aliphatic carbocycles. The second-order valence-corrected chi connectivity index (χ2v) is 2.69. The van der Waals surface area contributed by atoms with Crippen LogP contribution in [0.3, 0.4) is 0 Å². The SMILES string of the molecule is CSCC[C@H](N)C(=O)[O-].[Rb+]. The minimum absolute atomic E-state index is 0. The van der Waals surface area contributed by atoms with Gasteiger partial charge in [0, 0.05) is 6.04 Å². The van der Waals surface area contributed by atoms with Crippen molar-refractivity contribution in [1.82, 2.24) is 0 Å². The Morgan fingerprint density at radius 1 is 1.80 bits per heavy atom. The quantitative estimate of drug-likeness (QED) is 0.535. The summed E-state index contributed by atoms with van der Waals surface area (Å²) < 4.78 is 0. The maximum atomic E-state index is 9.96. The minimum atomic E-state index is -1.16. The van der Waals surface area contributed by atoms with Gasteiger partial charge in [-0.3, -0.25) is 0 Å². The molecule has 0 saturated carbocycles. The van der Waals surface area contributed by atoms with E-state index in [-0.39, 0.29) is 58.2 Å². The maximum Gasteiger partial charge on any atom is 1.00 e. The number of carboxylic acid groups (broad SMARTS) is 1. The summed E-state index contributed by atoms with van der Waals surface area (Å²) in [6.07, 6.45) is 2.39. The Balaban J connectivity index is 0. The number of nitrogens with two attached hydrogens (primary N) is 1. The monoisotopic (exact) mass is 233 g/mol. The number of carboxylic acids is 1. The molecule has 0 radical (unpaired) electrons. The largest absolute Gasteiger partial charge is 1.00 e. The molecular weight excluding hydrogens is 224 g/mol. The van der Waals surface area contributed by atoms with Gasteiger partial charge >= 0.3 is 58.2 Å². The van der Waals surface area contributed by atoms with Gasteiger partial charge in [0.15, 0.2) is 0 Å². The topological polar surface area (TPSA) is 66.2 Å². The zero-order chi connectivity index (χ0) is 7.28. The third-order valence-electron chi connectivity index (χ3n) is 0.936. The summed E-state index contributed by atoms with van der Waals surface area (Å²) in [7, 11) is 0. The molecule has 10 heavy (non-hydrogen) atoms. The first-order chi connectivity index (χ1) is 4.18. The van der Waals surface area contributed by atoms with Crippen LogP contribution in [0.15, 0.2) is 0 Å². The van der Waals surface area contributed by atoms with E-state index in [1.54, 1.807) is 11.8 Å². The van der Waals surface area contributed by atoms with Gasteiger partial charge in [-0.15, -0.1) is 0 Å². The molecule has 0 aliphatic rings. The second-order valence-electron chi connectivity index (χ2n) is 1.71. The summed E-state index contributed by atoms with van der Waals surface area (Å²) in [6, 6.07) is -0.794. The number of hydrogen-bond donors (Lipinski definition) is 1. The Hall–Kier alpha value is 1.59. The molecule has 54 valence electrons. The molecule has 0 spiro atoms. The molecule has 0 heterocycles. The molecular formula is C5H10NO2RbS. The van der Waals surface area contributed by atoms with Crippen LogP contribution in [0.1, 0.15) is 6.42 Å². The molecule has 0 rings (SSSR count). The van der Waals surface area contributed by atoms with Crippen LogP contribution in [0.5, 0.6) is 0 Å². The van der Waals surface area contributed by atoms with Crippen molar-refractivity contribution in [2.24, 2.45) is 5.73 Å². The standard InChI is InChI=1S/C5H11NO2S.Rb/c1-9-3-2-4(6)5(7)8;/h4H,2-3,6H2,1H3,(H,7,8);/q;+1/p-1/t4-;/m0./s1. The first-order valence-corrected chi connectivity index (χ1v) is 4.03. The van der Waals surface area contributed by atoms with E-state index >= 15 is 0 Å². The molecule has 0 amide bonds. The summed E-state index contributed by atoms with van der Waals surface area (Å²) in [6.45, 7) is 0. The van der Waals surface area contributed by atoms with Gasteiger partial charge in [-0.1, -0.05) is 0 Å². The number of thioether (sulfide) groups is 1. The van der Waals surface area contributed by atoms with Crippen molar-refractivity contribution in [3.8, 4) is 0 Å². The van der Waals surface area contributed by atoms with Gasteiger partial charge in [-0.2, -0.15) is 11.8 Å². The molecule has 0 aromatic heterocycles. The molecule has 5 heteroatoms. The fourth-order valence-corrected chi connectivity index (χ4v) is 0.852. The summed E-state index contributed by atoms with van der Waals surface area (Å²) in [5, 5.41) is 9.96. The zero-order valence-corrected chi connectivity index (χ0v) is 12.0. The molecule has 0 unspecified atom stereocenters. The summed E-state index contributed by atoms with van der Waals surface area (Å²) >= 11 is 1.58. The van der Waals surface area contributed by atoms with Crippen LogP contribution >= 0.6 is 11.8 Å². The maximum absolute atomic E-state index is 9.96. The van der Waals surface area contributed by atoms with Gasteiger partial charge in [0.05, 0.1) is 5.97 Å². The fraction of sp³-hybridized carbons (Fsp3) is 0.800. The fourth-order valence-electron chi connectivity index (χ4n) is 0.363. The van der Waals surface area contributed by atoms with Crippen molar-refractivity contribution in [3.63, 3.8) is 0 Å². The Kier molecular flexibility index (Phi) is 12.3. The van der Waals surface area contributed by atoms with Gasteiger partial charge in [-0.25, -0.2) is 0 Å². The van der Waals surface area contributed by atoms with Crippen LogP contribution in [-0.2, 0) is 4.79 Å². The van der Waals surface area contributed by atoms with E-state index in [0.29, 0.717) is 6.42 Å². The molecule has 3 nitrogen and oxygen atoms in total. The summed E-state index contributed by atoms with van der Waals surface area (Å²) in [5.41, 5.74) is 5.13. The van der Waals surface area contributed by atoms with Crippen molar-refractivity contribution >= 4 is 17.7 Å². The van der Waals surface area contributed by atoms with Gasteiger partial charge < -0.3 is 15.6 Å². The predicted octanol–water partition coefficient (Wildman–Crippen LogP) is -4.18. The second kappa shape index (κ2) is 8.68. The number of hydrogen-bond acceptors (Lipinski definition) is 4. The van der Waals surface area contributed by atoms with Gasteiger partial charge in [-0.05, 0) is 18.4 Å². The molecule has 0 saturated heterocycles. The van der Waals surface area contributed by atoms with Gasteiger partial charge in [0.2, 0.25) is 0 Å². The normalized spacial score (nSPS) is 11.8. The number of aliphatic carboxylic acids is 1. The molecule has 2 N–H and O–H groups in total. The molecule has 1 atom stereocenters. The third kappa shape index (κ3) is 7.69.